The zero-order valence-corrected chi connectivity index (χ0v) is 18.2. The van der Waals surface area contributed by atoms with Crippen molar-refractivity contribution in [2.75, 3.05) is 5.75 Å². The third-order valence-corrected chi connectivity index (χ3v) is 6.99. The Bertz CT molecular complexity index is 1200. The number of rotatable bonds is 6. The molecule has 0 fully saturated rings. The van der Waals surface area contributed by atoms with Crippen LogP contribution in [0.1, 0.15) is 41.0 Å². The first kappa shape index (κ1) is 21.1. The molecule has 7 heteroatoms. The van der Waals surface area contributed by atoms with Gasteiger partial charge in [-0.2, -0.15) is 5.10 Å². The fourth-order valence-electron chi connectivity index (χ4n) is 3.80. The minimum Gasteiger partial charge on any atom is -0.346 e. The topological polar surface area (TPSA) is 81.1 Å². The molecule has 0 unspecified atom stereocenters. The molecule has 2 heterocycles. The van der Waals surface area contributed by atoms with Crippen molar-refractivity contribution in [2.24, 2.45) is 0 Å². The summed E-state index contributed by atoms with van der Waals surface area (Å²) in [7, 11) is -3.16. The van der Waals surface area contributed by atoms with Gasteiger partial charge in [0, 0.05) is 23.8 Å². The van der Waals surface area contributed by atoms with Gasteiger partial charge in [-0.1, -0.05) is 60.7 Å². The number of aromatic nitrogens is 2. The maximum Gasteiger partial charge on any atom is 0.244 e. The van der Waals surface area contributed by atoms with E-state index in [1.807, 2.05) is 72.3 Å². The first-order valence-corrected chi connectivity index (χ1v) is 12.1. The summed E-state index contributed by atoms with van der Waals surface area (Å²) >= 11 is 0. The highest BCUT2D eigenvalue weighted by atomic mass is 32.2. The highest BCUT2D eigenvalue weighted by molar-refractivity contribution is 7.90. The monoisotopic (exact) mass is 435 g/mol. The number of benzene rings is 2. The van der Waals surface area contributed by atoms with E-state index < -0.39 is 9.84 Å². The summed E-state index contributed by atoms with van der Waals surface area (Å²) in [5, 5.41) is 7.58. The van der Waals surface area contributed by atoms with E-state index in [0.717, 1.165) is 16.8 Å². The van der Waals surface area contributed by atoms with E-state index in [2.05, 4.69) is 10.4 Å². The second kappa shape index (κ2) is 8.89. The summed E-state index contributed by atoms with van der Waals surface area (Å²) in [4.78, 5) is 12.4. The molecule has 6 nitrogen and oxygen atoms in total. The van der Waals surface area contributed by atoms with E-state index in [1.54, 1.807) is 6.08 Å². The fourth-order valence-corrected chi connectivity index (χ4v) is 5.20. The molecule has 0 bridgehead atoms. The van der Waals surface area contributed by atoms with Gasteiger partial charge in [0.1, 0.15) is 0 Å². The Kier molecular flexibility index (Phi) is 6.04. The van der Waals surface area contributed by atoms with Crippen molar-refractivity contribution >= 4 is 21.8 Å². The molecule has 4 rings (SSSR count). The Balaban J connectivity index is 1.56. The molecule has 0 aliphatic carbocycles. The quantitative estimate of drug-likeness (QED) is 0.603. The maximum atomic E-state index is 12.4. The van der Waals surface area contributed by atoms with Gasteiger partial charge >= 0.3 is 0 Å². The van der Waals surface area contributed by atoms with E-state index >= 15 is 0 Å². The van der Waals surface area contributed by atoms with E-state index in [4.69, 9.17) is 0 Å². The normalized spacial score (nSPS) is 16.0. The summed E-state index contributed by atoms with van der Waals surface area (Å²) in [6.45, 7) is 2.48. The third kappa shape index (κ3) is 5.11. The molecule has 0 radical (unpaired) electrons. The zero-order valence-electron chi connectivity index (χ0n) is 17.4. The van der Waals surface area contributed by atoms with Crippen molar-refractivity contribution in [3.63, 3.8) is 0 Å². The SMILES string of the molecule is C[C@@H](NC(=O)/C=C/c1nn(Cc2ccccc2)c2c1CS(=O)(=O)CC2)c1ccccc1. The van der Waals surface area contributed by atoms with Crippen LogP contribution in [0.15, 0.2) is 66.7 Å². The van der Waals surface area contributed by atoms with Crippen molar-refractivity contribution < 1.29 is 13.2 Å². The first-order valence-electron chi connectivity index (χ1n) is 10.3. The molecule has 0 saturated heterocycles. The number of hydrogen-bond acceptors (Lipinski definition) is 4. The van der Waals surface area contributed by atoms with Crippen molar-refractivity contribution in [1.82, 2.24) is 15.1 Å². The summed E-state index contributed by atoms with van der Waals surface area (Å²) in [6, 6.07) is 19.5. The molecule has 1 atom stereocenters. The smallest absolute Gasteiger partial charge is 0.244 e. The number of fused-ring (bicyclic) bond motifs is 1. The van der Waals surface area contributed by atoms with Gasteiger partial charge in [-0.15, -0.1) is 0 Å². The highest BCUT2D eigenvalue weighted by Crippen LogP contribution is 2.26. The van der Waals surface area contributed by atoms with Crippen LogP contribution in [-0.2, 0) is 33.4 Å². The lowest BCUT2D eigenvalue weighted by Crippen LogP contribution is -2.24. The largest absolute Gasteiger partial charge is 0.346 e. The van der Waals surface area contributed by atoms with E-state index in [9.17, 15) is 13.2 Å². The van der Waals surface area contributed by atoms with Gasteiger partial charge in [0.2, 0.25) is 5.91 Å². The van der Waals surface area contributed by atoms with E-state index in [0.29, 0.717) is 24.2 Å². The molecule has 1 amide bonds. The Morgan fingerprint density at radius 3 is 2.52 bits per heavy atom. The fraction of sp³-hybridized carbons (Fsp3) is 0.250. The Hall–Kier alpha value is -3.19. The molecule has 1 N–H and O–H groups in total. The molecule has 0 saturated carbocycles. The molecular formula is C24H25N3O3S. The van der Waals surface area contributed by atoms with Gasteiger partial charge in [-0.05, 0) is 24.1 Å². The second-order valence-electron chi connectivity index (χ2n) is 7.77. The lowest BCUT2D eigenvalue weighted by molar-refractivity contribution is -0.117. The maximum absolute atomic E-state index is 12.4. The lowest BCUT2D eigenvalue weighted by Gasteiger charge is -2.15. The lowest BCUT2D eigenvalue weighted by atomic mass is 10.1. The summed E-state index contributed by atoms with van der Waals surface area (Å²) in [6.07, 6.45) is 3.48. The van der Waals surface area contributed by atoms with Crippen LogP contribution < -0.4 is 5.32 Å². The van der Waals surface area contributed by atoms with Gasteiger partial charge in [-0.25, -0.2) is 8.42 Å². The van der Waals surface area contributed by atoms with Crippen LogP contribution in [0, 0.1) is 0 Å². The molecule has 3 aromatic rings. The molecule has 2 aromatic carbocycles. The van der Waals surface area contributed by atoms with Crippen LogP contribution in [0.2, 0.25) is 0 Å². The first-order chi connectivity index (χ1) is 14.9. The van der Waals surface area contributed by atoms with Crippen LogP contribution in [0.3, 0.4) is 0 Å². The third-order valence-electron chi connectivity index (χ3n) is 5.44. The predicted molar refractivity (Wildman–Crippen MR) is 121 cm³/mol. The molecule has 160 valence electrons. The summed E-state index contributed by atoms with van der Waals surface area (Å²) in [5.74, 6) is -0.168. The average Bonchev–Trinajstić information content (AvgIpc) is 3.08. The standard InChI is InChI=1S/C24H25N3O3S/c1-18(20-10-6-3-7-11-20)25-24(28)13-12-22-21-17-31(29,30)15-14-23(21)27(26-22)16-19-8-4-2-5-9-19/h2-13,18H,14-17H2,1H3,(H,25,28)/b13-12+/t18-/m1/s1. The Morgan fingerprint density at radius 2 is 1.81 bits per heavy atom. The van der Waals surface area contributed by atoms with E-state index in [1.165, 1.54) is 6.08 Å². The number of nitrogens with zero attached hydrogens (tertiary/aromatic N) is 2. The number of amides is 1. The number of sulfone groups is 1. The molecule has 0 spiro atoms. The molecular weight excluding hydrogens is 410 g/mol. The average molecular weight is 436 g/mol. The van der Waals surface area contributed by atoms with Crippen molar-refractivity contribution in [1.29, 1.82) is 0 Å². The second-order valence-corrected chi connectivity index (χ2v) is 9.95. The summed E-state index contributed by atoms with van der Waals surface area (Å²) in [5.41, 5.74) is 4.27. The van der Waals surface area contributed by atoms with Gasteiger partial charge in [-0.3, -0.25) is 9.48 Å². The molecule has 31 heavy (non-hydrogen) atoms. The van der Waals surface area contributed by atoms with Crippen LogP contribution in [0.25, 0.3) is 6.08 Å². The van der Waals surface area contributed by atoms with Gasteiger partial charge in [0.15, 0.2) is 9.84 Å². The Labute approximate surface area is 182 Å². The predicted octanol–water partition coefficient (Wildman–Crippen LogP) is 3.29. The van der Waals surface area contributed by atoms with Gasteiger partial charge in [0.05, 0.1) is 29.8 Å². The van der Waals surface area contributed by atoms with Crippen LogP contribution >= 0.6 is 0 Å². The van der Waals surface area contributed by atoms with Gasteiger partial charge in [0.25, 0.3) is 0 Å². The van der Waals surface area contributed by atoms with Crippen molar-refractivity contribution in [3.8, 4) is 0 Å². The number of hydrogen-bond donors (Lipinski definition) is 1. The summed E-state index contributed by atoms with van der Waals surface area (Å²) < 4.78 is 26.3. The number of carbonyl (C=O) groups excluding carboxylic acids is 1. The zero-order chi connectivity index (χ0) is 21.8. The van der Waals surface area contributed by atoms with Crippen LogP contribution in [0.4, 0.5) is 0 Å². The highest BCUT2D eigenvalue weighted by Gasteiger charge is 2.28. The Morgan fingerprint density at radius 1 is 1.13 bits per heavy atom. The van der Waals surface area contributed by atoms with Crippen molar-refractivity contribution in [3.05, 3.63) is 94.8 Å². The number of nitrogens with one attached hydrogen (secondary N) is 1. The molecule has 1 aliphatic heterocycles. The van der Waals surface area contributed by atoms with Crippen molar-refractivity contribution in [2.45, 2.75) is 31.7 Å². The minimum atomic E-state index is -3.16. The molecule has 1 aromatic heterocycles. The minimum absolute atomic E-state index is 0.0428. The number of carbonyl (C=O) groups is 1. The van der Waals surface area contributed by atoms with Gasteiger partial charge < -0.3 is 5.32 Å². The van der Waals surface area contributed by atoms with Crippen LogP contribution in [-0.4, -0.2) is 29.9 Å². The molecule has 1 aliphatic rings. The van der Waals surface area contributed by atoms with E-state index in [-0.39, 0.29) is 23.5 Å². The van der Waals surface area contributed by atoms with Crippen LogP contribution in [0.5, 0.6) is 0 Å².